The van der Waals surface area contributed by atoms with E-state index in [1.54, 1.807) is 4.90 Å². The molecule has 2 N–H and O–H groups in total. The number of benzene rings is 2. The molecule has 1 aliphatic heterocycles. The van der Waals surface area contributed by atoms with Gasteiger partial charge in [-0.25, -0.2) is 0 Å². The summed E-state index contributed by atoms with van der Waals surface area (Å²) in [5, 5.41) is 0. The topological polar surface area (TPSA) is 58.7 Å². The van der Waals surface area contributed by atoms with Crippen LogP contribution in [0.25, 0.3) is 0 Å². The highest BCUT2D eigenvalue weighted by Crippen LogP contribution is 2.27. The minimum Gasteiger partial charge on any atom is -0.309 e. The fraction of sp³-hybridized carbons (Fsp3) is 0.300. The summed E-state index contributed by atoms with van der Waals surface area (Å²) in [5.74, 6) is -0.126. The molecule has 2 aromatic carbocycles. The van der Waals surface area contributed by atoms with Crippen molar-refractivity contribution in [3.05, 3.63) is 65.7 Å². The van der Waals surface area contributed by atoms with Gasteiger partial charge in [0.1, 0.15) is 0 Å². The monoisotopic (exact) mass is 321 g/mol. The maximum absolute atomic E-state index is 12.6. The second-order valence-electron chi connectivity index (χ2n) is 6.01. The number of para-hydroxylation sites is 1. The van der Waals surface area contributed by atoms with E-state index in [4.69, 9.17) is 5.73 Å². The Morgan fingerprint density at radius 1 is 1.04 bits per heavy atom. The Morgan fingerprint density at radius 2 is 1.75 bits per heavy atom. The number of hydrogen-bond acceptors (Lipinski definition) is 3. The number of amides is 1. The van der Waals surface area contributed by atoms with E-state index in [1.807, 2.05) is 42.5 Å². The van der Waals surface area contributed by atoms with Gasteiger partial charge in [-0.05, 0) is 30.9 Å². The summed E-state index contributed by atoms with van der Waals surface area (Å²) in [4.78, 5) is 18.9. The second kappa shape index (κ2) is 7.41. The molecule has 4 nitrogen and oxygen atoms in total. The molecule has 0 aromatic heterocycles. The predicted molar refractivity (Wildman–Crippen MR) is 98.4 cm³/mol. The summed E-state index contributed by atoms with van der Waals surface area (Å²) < 4.78 is 0. The summed E-state index contributed by atoms with van der Waals surface area (Å²) in [7, 11) is 0. The van der Waals surface area contributed by atoms with Crippen LogP contribution >= 0.6 is 0 Å². The molecule has 4 heteroatoms. The number of carbonyl (C=O) groups excluding carboxylic acids is 1. The minimum atomic E-state index is -0.824. The molecular formula is C20H23N3O. The molecule has 0 aliphatic carbocycles. The number of benzodiazepines with no additional fused rings is 1. The van der Waals surface area contributed by atoms with Gasteiger partial charge in [0.15, 0.2) is 6.17 Å². The van der Waals surface area contributed by atoms with Gasteiger partial charge in [-0.2, -0.15) is 0 Å². The van der Waals surface area contributed by atoms with Crippen molar-refractivity contribution >= 4 is 17.3 Å². The maximum Gasteiger partial charge on any atom is 0.266 e. The van der Waals surface area contributed by atoms with Crippen LogP contribution in [0.15, 0.2) is 59.6 Å². The van der Waals surface area contributed by atoms with Crippen molar-refractivity contribution in [1.82, 2.24) is 0 Å². The normalized spacial score (nSPS) is 17.2. The number of nitrogens with two attached hydrogens (primary N) is 1. The zero-order chi connectivity index (χ0) is 16.9. The molecule has 0 radical (unpaired) electrons. The largest absolute Gasteiger partial charge is 0.309 e. The van der Waals surface area contributed by atoms with E-state index in [1.165, 1.54) is 5.56 Å². The van der Waals surface area contributed by atoms with E-state index >= 15 is 0 Å². The average molecular weight is 321 g/mol. The maximum atomic E-state index is 12.6. The molecule has 1 amide bonds. The zero-order valence-corrected chi connectivity index (χ0v) is 14.0. The van der Waals surface area contributed by atoms with Gasteiger partial charge >= 0.3 is 0 Å². The van der Waals surface area contributed by atoms with Crippen molar-refractivity contribution in [2.24, 2.45) is 10.7 Å². The molecule has 124 valence electrons. The first-order valence-electron chi connectivity index (χ1n) is 8.47. The van der Waals surface area contributed by atoms with Gasteiger partial charge in [-0.15, -0.1) is 0 Å². The predicted octanol–water partition coefficient (Wildman–Crippen LogP) is 3.15. The second-order valence-corrected chi connectivity index (χ2v) is 6.01. The highest BCUT2D eigenvalue weighted by Gasteiger charge is 2.28. The third kappa shape index (κ3) is 3.39. The molecule has 0 fully saturated rings. The number of aryl methyl sites for hydroxylation is 1. The third-order valence-corrected chi connectivity index (χ3v) is 4.26. The van der Waals surface area contributed by atoms with Gasteiger partial charge in [-0.3, -0.25) is 9.79 Å². The number of rotatable bonds is 5. The van der Waals surface area contributed by atoms with Gasteiger partial charge in [0.2, 0.25) is 0 Å². The lowest BCUT2D eigenvalue weighted by Gasteiger charge is -2.23. The Bertz CT molecular complexity index is 740. The molecule has 1 heterocycles. The van der Waals surface area contributed by atoms with E-state index in [-0.39, 0.29) is 5.91 Å². The van der Waals surface area contributed by atoms with Crippen molar-refractivity contribution in [3.8, 4) is 0 Å². The summed E-state index contributed by atoms with van der Waals surface area (Å²) >= 11 is 0. The first kappa shape index (κ1) is 16.4. The summed E-state index contributed by atoms with van der Waals surface area (Å²) in [6.45, 7) is 2.72. The van der Waals surface area contributed by atoms with Crippen LogP contribution in [0.5, 0.6) is 0 Å². The van der Waals surface area contributed by atoms with Crippen molar-refractivity contribution in [2.75, 3.05) is 11.4 Å². The fourth-order valence-electron chi connectivity index (χ4n) is 3.08. The lowest BCUT2D eigenvalue weighted by Crippen LogP contribution is -2.42. The first-order valence-corrected chi connectivity index (χ1v) is 8.47. The Labute approximate surface area is 143 Å². The van der Waals surface area contributed by atoms with E-state index in [0.717, 1.165) is 36.2 Å². The number of fused-ring (bicyclic) bond motifs is 1. The molecule has 3 rings (SSSR count). The average Bonchev–Trinajstić information content (AvgIpc) is 2.72. The van der Waals surface area contributed by atoms with Crippen LogP contribution in [0, 0.1) is 0 Å². The highest BCUT2D eigenvalue weighted by molar-refractivity contribution is 6.12. The lowest BCUT2D eigenvalue weighted by molar-refractivity contribution is -0.119. The fourth-order valence-corrected chi connectivity index (χ4v) is 3.08. The van der Waals surface area contributed by atoms with E-state index in [9.17, 15) is 4.79 Å². The molecule has 24 heavy (non-hydrogen) atoms. The molecule has 1 atom stereocenters. The van der Waals surface area contributed by atoms with Crippen LogP contribution < -0.4 is 10.6 Å². The summed E-state index contributed by atoms with van der Waals surface area (Å²) in [6, 6.07) is 18.3. The van der Waals surface area contributed by atoms with E-state index in [2.05, 4.69) is 24.0 Å². The number of aliphatic imine (C=N–C) groups is 1. The minimum absolute atomic E-state index is 0.126. The Balaban J connectivity index is 1.93. The van der Waals surface area contributed by atoms with Crippen molar-refractivity contribution in [2.45, 2.75) is 32.4 Å². The van der Waals surface area contributed by atoms with Gasteiger partial charge in [0.25, 0.3) is 5.91 Å². The molecule has 0 bridgehead atoms. The smallest absolute Gasteiger partial charge is 0.266 e. The number of anilines is 1. The molecule has 2 aromatic rings. The van der Waals surface area contributed by atoms with Crippen molar-refractivity contribution in [3.63, 3.8) is 0 Å². The van der Waals surface area contributed by atoms with Crippen molar-refractivity contribution < 1.29 is 4.79 Å². The molecular weight excluding hydrogens is 298 g/mol. The zero-order valence-electron chi connectivity index (χ0n) is 14.0. The number of carbonyl (C=O) groups is 1. The number of nitrogens with zero attached hydrogens (tertiary/aromatic N) is 2. The van der Waals surface area contributed by atoms with Crippen LogP contribution in [0.4, 0.5) is 5.69 Å². The lowest BCUT2D eigenvalue weighted by atomic mass is 10.00. The summed E-state index contributed by atoms with van der Waals surface area (Å²) in [5.41, 5.74) is 10.2. The molecule has 0 spiro atoms. The molecule has 0 saturated carbocycles. The van der Waals surface area contributed by atoms with Crippen LogP contribution in [0.2, 0.25) is 0 Å². The Hall–Kier alpha value is -2.46. The van der Waals surface area contributed by atoms with Gasteiger partial charge < -0.3 is 10.6 Å². The molecule has 1 unspecified atom stereocenters. The number of hydrogen-bond donors (Lipinski definition) is 1. The van der Waals surface area contributed by atoms with E-state index < -0.39 is 6.17 Å². The Morgan fingerprint density at radius 3 is 2.50 bits per heavy atom. The SMILES string of the molecule is CCCN1C(=O)C(N)N=C(CCc2ccccc2)c2ccccc21. The van der Waals surface area contributed by atoms with Gasteiger partial charge in [0.05, 0.1) is 5.69 Å². The van der Waals surface area contributed by atoms with Gasteiger partial charge in [-0.1, -0.05) is 55.5 Å². The quantitative estimate of drug-likeness (QED) is 0.919. The molecule has 0 saturated heterocycles. The standard InChI is InChI=1S/C20H23N3O/c1-2-14-23-18-11-7-6-10-16(18)17(22-19(21)20(23)24)13-12-15-8-4-3-5-9-15/h3-11,19H,2,12-14,21H2,1H3. The van der Waals surface area contributed by atoms with Crippen LogP contribution in [0.3, 0.4) is 0 Å². The van der Waals surface area contributed by atoms with Crippen LogP contribution in [-0.2, 0) is 11.2 Å². The third-order valence-electron chi connectivity index (χ3n) is 4.26. The first-order chi connectivity index (χ1) is 11.7. The molecule has 1 aliphatic rings. The van der Waals surface area contributed by atoms with Crippen molar-refractivity contribution in [1.29, 1.82) is 0 Å². The Kier molecular flexibility index (Phi) is 5.06. The van der Waals surface area contributed by atoms with Gasteiger partial charge in [0, 0.05) is 17.8 Å². The van der Waals surface area contributed by atoms with E-state index in [0.29, 0.717) is 6.54 Å². The van der Waals surface area contributed by atoms with Crippen LogP contribution in [-0.4, -0.2) is 24.3 Å². The highest BCUT2D eigenvalue weighted by atomic mass is 16.2. The van der Waals surface area contributed by atoms with Crippen LogP contribution in [0.1, 0.15) is 30.9 Å². The summed E-state index contributed by atoms with van der Waals surface area (Å²) in [6.07, 6.45) is 1.70.